The fourth-order valence-electron chi connectivity index (χ4n) is 4.46. The average molecular weight is 397 g/mol. The molecule has 0 fully saturated rings. The molecule has 0 radical (unpaired) electrons. The van der Waals surface area contributed by atoms with Crippen LogP contribution >= 0.6 is 0 Å². The first-order valence-electron chi connectivity index (χ1n) is 12.5. The minimum atomic E-state index is 0.548. The molecule has 0 unspecified atom stereocenters. The Bertz CT molecular complexity index is 688. The Morgan fingerprint density at radius 3 is 1.76 bits per heavy atom. The van der Waals surface area contributed by atoms with E-state index in [2.05, 4.69) is 38.1 Å². The zero-order valence-electron chi connectivity index (χ0n) is 19.1. The zero-order chi connectivity index (χ0) is 20.7. The van der Waals surface area contributed by atoms with Crippen LogP contribution in [0.5, 0.6) is 5.75 Å². The second kappa shape index (κ2) is 14.5. The second-order valence-electron chi connectivity index (χ2n) is 8.83. The van der Waals surface area contributed by atoms with E-state index in [-0.39, 0.29) is 0 Å². The molecule has 0 aromatic heterocycles. The van der Waals surface area contributed by atoms with E-state index in [0.29, 0.717) is 5.75 Å². The summed E-state index contributed by atoms with van der Waals surface area (Å²) >= 11 is 0. The maximum atomic E-state index is 11.0. The molecule has 0 spiro atoms. The molecule has 1 heteroatoms. The van der Waals surface area contributed by atoms with Gasteiger partial charge in [0.2, 0.25) is 0 Å². The van der Waals surface area contributed by atoms with Crippen molar-refractivity contribution in [1.82, 2.24) is 0 Å². The molecular weight excluding hydrogens is 352 g/mol. The van der Waals surface area contributed by atoms with Crippen molar-refractivity contribution in [3.8, 4) is 5.75 Å². The molecule has 0 heterocycles. The van der Waals surface area contributed by atoms with Gasteiger partial charge in [0.1, 0.15) is 5.75 Å². The Balaban J connectivity index is 1.92. The van der Waals surface area contributed by atoms with Crippen LogP contribution in [0.3, 0.4) is 0 Å². The standard InChI is InChI=1S/C28H44O/c1-3-5-7-9-11-12-14-16-21-26-24(19-15-13-10-8-6-4-2)23-25-20-17-18-22-27(25)28(26)29/h17-18,20,22-23,29H,3-16,19,21H2,1-2H3. The molecule has 1 nitrogen and oxygen atoms in total. The predicted octanol–water partition coefficient (Wildman–Crippen LogP) is 9.13. The van der Waals surface area contributed by atoms with Gasteiger partial charge < -0.3 is 5.11 Å². The van der Waals surface area contributed by atoms with Crippen molar-refractivity contribution in [2.75, 3.05) is 0 Å². The number of aryl methyl sites for hydroxylation is 1. The first-order chi connectivity index (χ1) is 14.3. The van der Waals surface area contributed by atoms with E-state index < -0.39 is 0 Å². The summed E-state index contributed by atoms with van der Waals surface area (Å²) in [7, 11) is 0. The molecule has 0 amide bonds. The van der Waals surface area contributed by atoms with Crippen molar-refractivity contribution in [3.63, 3.8) is 0 Å². The monoisotopic (exact) mass is 396 g/mol. The van der Waals surface area contributed by atoms with Crippen LogP contribution in [0, 0.1) is 0 Å². The average Bonchev–Trinajstić information content (AvgIpc) is 2.74. The van der Waals surface area contributed by atoms with Gasteiger partial charge in [-0.05, 0) is 42.2 Å². The number of benzene rings is 2. The number of rotatable bonds is 16. The molecule has 0 atom stereocenters. The minimum absolute atomic E-state index is 0.548. The first-order valence-corrected chi connectivity index (χ1v) is 12.5. The summed E-state index contributed by atoms with van der Waals surface area (Å²) in [5.41, 5.74) is 2.61. The molecule has 162 valence electrons. The third-order valence-electron chi connectivity index (χ3n) is 6.30. The summed E-state index contributed by atoms with van der Waals surface area (Å²) in [6.45, 7) is 4.55. The second-order valence-corrected chi connectivity index (χ2v) is 8.83. The summed E-state index contributed by atoms with van der Waals surface area (Å²) in [5, 5.41) is 13.2. The van der Waals surface area contributed by atoms with E-state index in [1.165, 1.54) is 106 Å². The third-order valence-corrected chi connectivity index (χ3v) is 6.30. The van der Waals surface area contributed by atoms with Gasteiger partial charge in [-0.15, -0.1) is 0 Å². The lowest BCUT2D eigenvalue weighted by Gasteiger charge is -2.15. The highest BCUT2D eigenvalue weighted by atomic mass is 16.3. The lowest BCUT2D eigenvalue weighted by atomic mass is 9.92. The fraction of sp³-hybridized carbons (Fsp3) is 0.643. The predicted molar refractivity (Wildman–Crippen MR) is 129 cm³/mol. The van der Waals surface area contributed by atoms with E-state index in [4.69, 9.17) is 0 Å². The third kappa shape index (κ3) is 8.41. The summed E-state index contributed by atoms with van der Waals surface area (Å²) in [6, 6.07) is 10.7. The molecule has 2 aromatic carbocycles. The van der Waals surface area contributed by atoms with Crippen LogP contribution in [-0.2, 0) is 12.8 Å². The van der Waals surface area contributed by atoms with Crippen LogP contribution in [0.15, 0.2) is 30.3 Å². The highest BCUT2D eigenvalue weighted by Gasteiger charge is 2.12. The normalized spacial score (nSPS) is 11.4. The molecule has 2 rings (SSSR count). The molecule has 29 heavy (non-hydrogen) atoms. The van der Waals surface area contributed by atoms with Gasteiger partial charge in [-0.25, -0.2) is 0 Å². The topological polar surface area (TPSA) is 20.2 Å². The fourth-order valence-corrected chi connectivity index (χ4v) is 4.46. The van der Waals surface area contributed by atoms with Gasteiger partial charge in [-0.3, -0.25) is 0 Å². The van der Waals surface area contributed by atoms with E-state index >= 15 is 0 Å². The molecule has 0 aliphatic heterocycles. The SMILES string of the molecule is CCCCCCCCCCc1c(CCCCCCCC)cc2ccccc2c1O. The maximum Gasteiger partial charge on any atom is 0.126 e. The lowest BCUT2D eigenvalue weighted by Crippen LogP contribution is -1.98. The highest BCUT2D eigenvalue weighted by Crippen LogP contribution is 2.34. The van der Waals surface area contributed by atoms with Crippen molar-refractivity contribution in [2.24, 2.45) is 0 Å². The molecule has 2 aromatic rings. The van der Waals surface area contributed by atoms with Crippen LogP contribution in [0.4, 0.5) is 0 Å². The number of phenolic OH excluding ortho intramolecular Hbond substituents is 1. The zero-order valence-corrected chi connectivity index (χ0v) is 19.1. The summed E-state index contributed by atoms with van der Waals surface area (Å²) in [4.78, 5) is 0. The Morgan fingerprint density at radius 1 is 0.621 bits per heavy atom. The molecule has 1 N–H and O–H groups in total. The van der Waals surface area contributed by atoms with Crippen LogP contribution < -0.4 is 0 Å². The van der Waals surface area contributed by atoms with Gasteiger partial charge in [-0.2, -0.15) is 0 Å². The number of aromatic hydroxyl groups is 1. The summed E-state index contributed by atoms with van der Waals surface area (Å²) in [5.74, 6) is 0.548. The maximum absolute atomic E-state index is 11.0. The highest BCUT2D eigenvalue weighted by molar-refractivity contribution is 5.90. The molecule has 0 bridgehead atoms. The number of unbranched alkanes of at least 4 members (excludes halogenated alkanes) is 12. The lowest BCUT2D eigenvalue weighted by molar-refractivity contribution is 0.470. The summed E-state index contributed by atoms with van der Waals surface area (Å²) in [6.07, 6.45) is 20.7. The smallest absolute Gasteiger partial charge is 0.126 e. The Labute approximate surface area is 179 Å². The van der Waals surface area contributed by atoms with Gasteiger partial charge in [-0.1, -0.05) is 121 Å². The van der Waals surface area contributed by atoms with Gasteiger partial charge >= 0.3 is 0 Å². The largest absolute Gasteiger partial charge is 0.507 e. The number of hydrogen-bond acceptors (Lipinski definition) is 1. The van der Waals surface area contributed by atoms with Crippen molar-refractivity contribution in [1.29, 1.82) is 0 Å². The van der Waals surface area contributed by atoms with Crippen LogP contribution in [0.1, 0.15) is 115 Å². The minimum Gasteiger partial charge on any atom is -0.507 e. The van der Waals surface area contributed by atoms with Crippen molar-refractivity contribution in [2.45, 2.75) is 117 Å². The number of hydrogen-bond donors (Lipinski definition) is 1. The van der Waals surface area contributed by atoms with Gasteiger partial charge in [0.25, 0.3) is 0 Å². The molecule has 0 saturated heterocycles. The van der Waals surface area contributed by atoms with Crippen LogP contribution in [-0.4, -0.2) is 5.11 Å². The Morgan fingerprint density at radius 2 is 1.14 bits per heavy atom. The van der Waals surface area contributed by atoms with Crippen LogP contribution in [0.2, 0.25) is 0 Å². The van der Waals surface area contributed by atoms with Gasteiger partial charge in [0.15, 0.2) is 0 Å². The molecule has 0 aliphatic carbocycles. The molecule has 0 aliphatic rings. The van der Waals surface area contributed by atoms with Crippen LogP contribution in [0.25, 0.3) is 10.8 Å². The quantitative estimate of drug-likeness (QED) is 0.280. The Hall–Kier alpha value is -1.50. The van der Waals surface area contributed by atoms with E-state index in [9.17, 15) is 5.11 Å². The van der Waals surface area contributed by atoms with E-state index in [1.54, 1.807) is 0 Å². The van der Waals surface area contributed by atoms with Crippen molar-refractivity contribution in [3.05, 3.63) is 41.5 Å². The van der Waals surface area contributed by atoms with Crippen molar-refractivity contribution < 1.29 is 5.11 Å². The number of phenols is 1. The van der Waals surface area contributed by atoms with E-state index in [1.807, 2.05) is 6.07 Å². The molecule has 0 saturated carbocycles. The van der Waals surface area contributed by atoms with E-state index in [0.717, 1.165) is 18.2 Å². The first kappa shape index (κ1) is 23.8. The van der Waals surface area contributed by atoms with Gasteiger partial charge in [0.05, 0.1) is 0 Å². The van der Waals surface area contributed by atoms with Crippen molar-refractivity contribution >= 4 is 10.8 Å². The summed E-state index contributed by atoms with van der Waals surface area (Å²) < 4.78 is 0. The molecular formula is C28H44O. The Kier molecular flexibility index (Phi) is 11.9. The number of fused-ring (bicyclic) bond motifs is 1. The van der Waals surface area contributed by atoms with Gasteiger partial charge in [0, 0.05) is 5.39 Å².